The molecule has 4 nitrogen and oxygen atoms in total. The van der Waals surface area contributed by atoms with Crippen LogP contribution in [0.5, 0.6) is 5.75 Å². The van der Waals surface area contributed by atoms with E-state index in [1.807, 2.05) is 0 Å². The topological polar surface area (TPSA) is 59.3 Å². The van der Waals surface area contributed by atoms with Crippen LogP contribution in [0.15, 0.2) is 59.6 Å². The average molecular weight is 291 g/mol. The van der Waals surface area contributed by atoms with Crippen LogP contribution in [0, 0.1) is 5.82 Å². The number of rotatable bonds is 2. The van der Waals surface area contributed by atoms with E-state index in [1.165, 1.54) is 30.5 Å². The summed E-state index contributed by atoms with van der Waals surface area (Å²) < 4.78 is 39.4. The minimum absolute atomic E-state index is 0.117. The molecule has 3 aromatic rings. The van der Waals surface area contributed by atoms with Gasteiger partial charge in [0.1, 0.15) is 0 Å². The van der Waals surface area contributed by atoms with Crippen molar-refractivity contribution in [3.05, 3.63) is 60.5 Å². The molecule has 0 bridgehead atoms. The Balaban J connectivity index is 2.28. The van der Waals surface area contributed by atoms with Gasteiger partial charge in [0.05, 0.1) is 10.4 Å². The molecule has 2 aromatic carbocycles. The number of fused-ring (bicyclic) bond motifs is 1. The number of hydrogen-bond donors (Lipinski definition) is 1. The van der Waals surface area contributed by atoms with E-state index >= 15 is 0 Å². The zero-order chi connectivity index (χ0) is 14.3. The van der Waals surface area contributed by atoms with Crippen molar-refractivity contribution in [1.29, 1.82) is 0 Å². The summed E-state index contributed by atoms with van der Waals surface area (Å²) in [6.07, 6.45) is 1.34. The number of aromatic hydroxyl groups is 1. The second-order valence-electron chi connectivity index (χ2n) is 4.29. The molecule has 0 unspecified atom stereocenters. The lowest BCUT2D eigenvalue weighted by atomic mass is 10.2. The molecule has 20 heavy (non-hydrogen) atoms. The molecule has 0 amide bonds. The molecule has 1 aromatic heterocycles. The molecular formula is C14H10FNO3S. The Labute approximate surface area is 114 Å². The van der Waals surface area contributed by atoms with Crippen molar-refractivity contribution in [2.75, 3.05) is 0 Å². The molecule has 0 fully saturated rings. The van der Waals surface area contributed by atoms with E-state index in [1.54, 1.807) is 18.2 Å². The maximum absolute atomic E-state index is 13.4. The maximum atomic E-state index is 13.4. The van der Waals surface area contributed by atoms with E-state index in [2.05, 4.69) is 0 Å². The van der Waals surface area contributed by atoms with Gasteiger partial charge < -0.3 is 5.11 Å². The predicted octanol–water partition coefficient (Wildman–Crippen LogP) is 2.72. The molecular weight excluding hydrogens is 281 g/mol. The van der Waals surface area contributed by atoms with Gasteiger partial charge in [-0.1, -0.05) is 18.2 Å². The number of benzene rings is 2. The van der Waals surface area contributed by atoms with Gasteiger partial charge in [-0.05, 0) is 24.3 Å². The minimum Gasteiger partial charge on any atom is -0.505 e. The van der Waals surface area contributed by atoms with Crippen LogP contribution in [0.4, 0.5) is 4.39 Å². The molecule has 0 spiro atoms. The maximum Gasteiger partial charge on any atom is 0.268 e. The molecule has 0 aliphatic heterocycles. The fraction of sp³-hybridized carbons (Fsp3) is 0. The monoisotopic (exact) mass is 291 g/mol. The van der Waals surface area contributed by atoms with Crippen LogP contribution in [0.1, 0.15) is 0 Å². The van der Waals surface area contributed by atoms with Crippen LogP contribution in [0.2, 0.25) is 0 Å². The summed E-state index contributed by atoms with van der Waals surface area (Å²) in [5, 5.41) is 9.76. The Hall–Kier alpha value is -2.34. The second kappa shape index (κ2) is 4.35. The summed E-state index contributed by atoms with van der Waals surface area (Å²) >= 11 is 0. The van der Waals surface area contributed by atoms with Crippen molar-refractivity contribution in [1.82, 2.24) is 3.97 Å². The van der Waals surface area contributed by atoms with E-state index in [9.17, 15) is 17.9 Å². The van der Waals surface area contributed by atoms with Gasteiger partial charge in [0, 0.05) is 17.6 Å². The molecule has 1 heterocycles. The highest BCUT2D eigenvalue weighted by Gasteiger charge is 2.19. The Morgan fingerprint density at radius 3 is 2.45 bits per heavy atom. The van der Waals surface area contributed by atoms with Gasteiger partial charge >= 0.3 is 0 Å². The van der Waals surface area contributed by atoms with Crippen molar-refractivity contribution < 1.29 is 17.9 Å². The number of halogens is 1. The van der Waals surface area contributed by atoms with E-state index < -0.39 is 21.6 Å². The van der Waals surface area contributed by atoms with Crippen LogP contribution >= 0.6 is 0 Å². The van der Waals surface area contributed by atoms with Gasteiger partial charge in [-0.25, -0.2) is 16.8 Å². The van der Waals surface area contributed by atoms with E-state index in [0.717, 1.165) is 10.0 Å². The van der Waals surface area contributed by atoms with Crippen LogP contribution in [-0.2, 0) is 10.0 Å². The Kier molecular flexibility index (Phi) is 2.76. The number of aromatic nitrogens is 1. The highest BCUT2D eigenvalue weighted by atomic mass is 32.2. The highest BCUT2D eigenvalue weighted by molar-refractivity contribution is 7.90. The zero-order valence-electron chi connectivity index (χ0n) is 10.2. The molecule has 0 aliphatic rings. The van der Waals surface area contributed by atoms with Gasteiger partial charge in [-0.2, -0.15) is 0 Å². The number of hydrogen-bond acceptors (Lipinski definition) is 3. The van der Waals surface area contributed by atoms with Gasteiger partial charge in [-0.15, -0.1) is 0 Å². The molecule has 3 rings (SSSR count). The van der Waals surface area contributed by atoms with Crippen LogP contribution < -0.4 is 0 Å². The Bertz CT molecular complexity index is 885. The first-order valence-corrected chi connectivity index (χ1v) is 7.24. The molecule has 6 heteroatoms. The normalized spacial score (nSPS) is 11.8. The van der Waals surface area contributed by atoms with Crippen molar-refractivity contribution in [2.24, 2.45) is 0 Å². The summed E-state index contributed by atoms with van der Waals surface area (Å²) in [4.78, 5) is 0.117. The van der Waals surface area contributed by atoms with E-state index in [0.29, 0.717) is 5.39 Å². The van der Waals surface area contributed by atoms with Crippen molar-refractivity contribution in [3.8, 4) is 5.75 Å². The molecule has 0 atom stereocenters. The number of phenols is 1. The fourth-order valence-electron chi connectivity index (χ4n) is 2.04. The fourth-order valence-corrected chi connectivity index (χ4v) is 3.40. The lowest BCUT2D eigenvalue weighted by Gasteiger charge is -2.07. The Morgan fingerprint density at radius 1 is 1.05 bits per heavy atom. The third kappa shape index (κ3) is 1.85. The molecule has 102 valence electrons. The molecule has 1 N–H and O–H groups in total. The smallest absolute Gasteiger partial charge is 0.268 e. The first-order valence-electron chi connectivity index (χ1n) is 5.80. The van der Waals surface area contributed by atoms with E-state index in [4.69, 9.17) is 0 Å². The molecule has 0 aliphatic carbocycles. The average Bonchev–Trinajstić information content (AvgIpc) is 2.84. The molecule has 0 saturated carbocycles. The largest absolute Gasteiger partial charge is 0.505 e. The van der Waals surface area contributed by atoms with Crippen LogP contribution in [0.25, 0.3) is 10.9 Å². The standard InChI is InChI=1S/C14H10FNO3S/c15-12-9-13-10(8-14(12)17)6-7-16(13)20(18,19)11-4-2-1-3-5-11/h1-9,17H. The van der Waals surface area contributed by atoms with Crippen LogP contribution in [0.3, 0.4) is 0 Å². The summed E-state index contributed by atoms with van der Waals surface area (Å²) in [7, 11) is -3.78. The summed E-state index contributed by atoms with van der Waals surface area (Å²) in [6.45, 7) is 0. The van der Waals surface area contributed by atoms with Gasteiger partial charge in [0.25, 0.3) is 10.0 Å². The molecule has 0 radical (unpaired) electrons. The predicted molar refractivity (Wildman–Crippen MR) is 72.6 cm³/mol. The zero-order valence-corrected chi connectivity index (χ0v) is 11.0. The van der Waals surface area contributed by atoms with Crippen molar-refractivity contribution in [2.45, 2.75) is 4.90 Å². The molecule has 0 saturated heterocycles. The number of phenolic OH excluding ortho intramolecular Hbond substituents is 1. The first kappa shape index (κ1) is 12.7. The third-order valence-electron chi connectivity index (χ3n) is 3.02. The minimum atomic E-state index is -3.78. The van der Waals surface area contributed by atoms with Crippen molar-refractivity contribution >= 4 is 20.9 Å². The third-order valence-corrected chi connectivity index (χ3v) is 4.73. The summed E-state index contributed by atoms with van der Waals surface area (Å²) in [6, 6.07) is 11.6. The van der Waals surface area contributed by atoms with E-state index in [-0.39, 0.29) is 10.4 Å². The summed E-state index contributed by atoms with van der Waals surface area (Å²) in [5.41, 5.74) is 0.184. The summed E-state index contributed by atoms with van der Waals surface area (Å²) in [5.74, 6) is -1.37. The van der Waals surface area contributed by atoms with Gasteiger partial charge in [-0.3, -0.25) is 0 Å². The SMILES string of the molecule is O=S(=O)(c1ccccc1)n1ccc2cc(O)c(F)cc21. The van der Waals surface area contributed by atoms with Gasteiger partial charge in [0.2, 0.25) is 0 Å². The Morgan fingerprint density at radius 2 is 1.75 bits per heavy atom. The van der Waals surface area contributed by atoms with Crippen molar-refractivity contribution in [3.63, 3.8) is 0 Å². The lowest BCUT2D eigenvalue weighted by Crippen LogP contribution is -2.11. The lowest BCUT2D eigenvalue weighted by molar-refractivity contribution is 0.433. The second-order valence-corrected chi connectivity index (χ2v) is 6.11. The van der Waals surface area contributed by atoms with Gasteiger partial charge in [0.15, 0.2) is 11.6 Å². The quantitative estimate of drug-likeness (QED) is 0.789. The highest BCUT2D eigenvalue weighted by Crippen LogP contribution is 2.27. The number of nitrogens with zero attached hydrogens (tertiary/aromatic N) is 1. The van der Waals surface area contributed by atoms with Crippen LogP contribution in [-0.4, -0.2) is 17.5 Å². The first-order chi connectivity index (χ1) is 9.50.